The number of nitrogens with one attached hydrogen (secondary N) is 1. The number of nitrogens with two attached hydrogens (primary N) is 1. The van der Waals surface area contributed by atoms with Crippen LogP contribution in [0.4, 0.5) is 4.79 Å². The minimum atomic E-state index is -0.452. The van der Waals surface area contributed by atoms with Crippen LogP contribution in [0, 0.1) is 0 Å². The molecule has 0 bridgehead atoms. The van der Waals surface area contributed by atoms with Crippen molar-refractivity contribution in [1.82, 2.24) is 10.2 Å². The fourth-order valence-corrected chi connectivity index (χ4v) is 1.94. The van der Waals surface area contributed by atoms with Crippen LogP contribution in [0.25, 0.3) is 0 Å². The molecule has 0 radical (unpaired) electrons. The highest BCUT2D eigenvalue weighted by Gasteiger charge is 2.25. The van der Waals surface area contributed by atoms with Crippen LogP contribution < -0.4 is 11.1 Å². The van der Waals surface area contributed by atoms with Crippen LogP contribution in [0.15, 0.2) is 0 Å². The Hall–Kier alpha value is -0.810. The Labute approximate surface area is 97.3 Å². The molecular weight excluding hydrogens is 206 g/mol. The molecule has 1 aliphatic rings. The first-order chi connectivity index (χ1) is 7.26. The summed E-state index contributed by atoms with van der Waals surface area (Å²) in [7, 11) is 2.00. The molecule has 0 saturated carbocycles. The van der Waals surface area contributed by atoms with E-state index in [1.807, 2.05) is 27.8 Å². The van der Waals surface area contributed by atoms with Gasteiger partial charge < -0.3 is 20.7 Å². The summed E-state index contributed by atoms with van der Waals surface area (Å²) in [4.78, 5) is 13.7. The lowest BCUT2D eigenvalue weighted by molar-refractivity contribution is 0.0474. The standard InChI is InChI=1S/C11H23N3O2/c1-11(2,3)16-10(15)13-9-5-8(12)6-14(4)7-9/h8-9H,5-7,12H2,1-4H3,(H,13,15)/t8-,9+/m0/s1. The number of hydrogen-bond donors (Lipinski definition) is 2. The number of hydrogen-bond acceptors (Lipinski definition) is 4. The fourth-order valence-electron chi connectivity index (χ4n) is 1.94. The average molecular weight is 229 g/mol. The van der Waals surface area contributed by atoms with Gasteiger partial charge in [-0.15, -0.1) is 0 Å². The van der Waals surface area contributed by atoms with Crippen molar-refractivity contribution in [2.75, 3.05) is 20.1 Å². The van der Waals surface area contributed by atoms with E-state index in [9.17, 15) is 4.79 Å². The summed E-state index contributed by atoms with van der Waals surface area (Å²) < 4.78 is 5.20. The highest BCUT2D eigenvalue weighted by molar-refractivity contribution is 5.68. The lowest BCUT2D eigenvalue weighted by atomic mass is 10.0. The first kappa shape index (κ1) is 13.3. The van der Waals surface area contributed by atoms with E-state index in [1.165, 1.54) is 0 Å². The van der Waals surface area contributed by atoms with Gasteiger partial charge in [-0.3, -0.25) is 0 Å². The minimum Gasteiger partial charge on any atom is -0.444 e. The van der Waals surface area contributed by atoms with Crippen molar-refractivity contribution in [1.29, 1.82) is 0 Å². The number of nitrogens with zero attached hydrogens (tertiary/aromatic N) is 1. The van der Waals surface area contributed by atoms with Crippen molar-refractivity contribution in [2.24, 2.45) is 5.73 Å². The number of likely N-dealkylation sites (tertiary alicyclic amines) is 1. The molecule has 0 aromatic carbocycles. The van der Waals surface area contributed by atoms with Crippen LogP contribution in [0.5, 0.6) is 0 Å². The van der Waals surface area contributed by atoms with Crippen LogP contribution >= 0.6 is 0 Å². The first-order valence-corrected chi connectivity index (χ1v) is 5.70. The van der Waals surface area contributed by atoms with Crippen LogP contribution in [0.2, 0.25) is 0 Å². The second-order valence-corrected chi connectivity index (χ2v) is 5.56. The molecule has 1 heterocycles. The predicted molar refractivity (Wildman–Crippen MR) is 63.2 cm³/mol. The van der Waals surface area contributed by atoms with Gasteiger partial charge in [-0.25, -0.2) is 4.79 Å². The minimum absolute atomic E-state index is 0.0867. The smallest absolute Gasteiger partial charge is 0.407 e. The van der Waals surface area contributed by atoms with Crippen molar-refractivity contribution < 1.29 is 9.53 Å². The molecule has 0 unspecified atom stereocenters. The van der Waals surface area contributed by atoms with E-state index in [0.29, 0.717) is 0 Å². The number of carbonyl (C=O) groups excluding carboxylic acids is 1. The van der Waals surface area contributed by atoms with Gasteiger partial charge in [0, 0.05) is 25.2 Å². The zero-order valence-corrected chi connectivity index (χ0v) is 10.6. The summed E-state index contributed by atoms with van der Waals surface area (Å²) >= 11 is 0. The van der Waals surface area contributed by atoms with Gasteiger partial charge in [-0.1, -0.05) is 0 Å². The van der Waals surface area contributed by atoms with E-state index >= 15 is 0 Å². The summed E-state index contributed by atoms with van der Waals surface area (Å²) in [5, 5.41) is 2.85. The van der Waals surface area contributed by atoms with E-state index in [2.05, 4.69) is 10.2 Å². The molecule has 0 aromatic rings. The van der Waals surface area contributed by atoms with Crippen molar-refractivity contribution in [3.05, 3.63) is 0 Å². The predicted octanol–water partition coefficient (Wildman–Crippen LogP) is 0.543. The molecule has 2 atom stereocenters. The normalized spacial score (nSPS) is 27.6. The molecule has 0 aliphatic carbocycles. The second-order valence-electron chi connectivity index (χ2n) is 5.56. The zero-order chi connectivity index (χ0) is 12.3. The van der Waals surface area contributed by atoms with Crippen LogP contribution in [-0.2, 0) is 4.74 Å². The monoisotopic (exact) mass is 229 g/mol. The van der Waals surface area contributed by atoms with Crippen molar-refractivity contribution in [2.45, 2.75) is 44.9 Å². The third-order valence-corrected chi connectivity index (χ3v) is 2.39. The van der Waals surface area contributed by atoms with Crippen LogP contribution in [0.3, 0.4) is 0 Å². The lowest BCUT2D eigenvalue weighted by Crippen LogP contribution is -2.54. The number of alkyl carbamates (subject to hydrolysis) is 1. The molecule has 1 amide bonds. The highest BCUT2D eigenvalue weighted by atomic mass is 16.6. The van der Waals surface area contributed by atoms with Gasteiger partial charge in [-0.05, 0) is 34.2 Å². The number of piperidine rings is 1. The molecule has 1 rings (SSSR count). The van der Waals surface area contributed by atoms with Gasteiger partial charge in [0.15, 0.2) is 0 Å². The number of carbonyl (C=O) groups is 1. The Morgan fingerprint density at radius 1 is 1.44 bits per heavy atom. The van der Waals surface area contributed by atoms with Gasteiger partial charge in [0.2, 0.25) is 0 Å². The van der Waals surface area contributed by atoms with Crippen molar-refractivity contribution >= 4 is 6.09 Å². The molecular formula is C11H23N3O2. The maximum absolute atomic E-state index is 11.5. The zero-order valence-electron chi connectivity index (χ0n) is 10.6. The fraction of sp³-hybridized carbons (Fsp3) is 0.909. The molecule has 1 aliphatic heterocycles. The number of ether oxygens (including phenoxy) is 1. The van der Waals surface area contributed by atoms with Crippen molar-refractivity contribution in [3.8, 4) is 0 Å². The third kappa shape index (κ3) is 4.81. The Kier molecular flexibility index (Phi) is 4.15. The quantitative estimate of drug-likeness (QED) is 0.689. The molecule has 94 valence electrons. The Balaban J connectivity index is 2.39. The molecule has 0 spiro atoms. The van der Waals surface area contributed by atoms with Crippen LogP contribution in [0.1, 0.15) is 27.2 Å². The molecule has 1 saturated heterocycles. The van der Waals surface area contributed by atoms with E-state index in [4.69, 9.17) is 10.5 Å². The largest absolute Gasteiger partial charge is 0.444 e. The summed E-state index contributed by atoms with van der Waals surface area (Å²) in [5.41, 5.74) is 5.43. The third-order valence-electron chi connectivity index (χ3n) is 2.39. The lowest BCUT2D eigenvalue weighted by Gasteiger charge is -2.34. The molecule has 3 N–H and O–H groups in total. The highest BCUT2D eigenvalue weighted by Crippen LogP contribution is 2.10. The first-order valence-electron chi connectivity index (χ1n) is 5.70. The molecule has 5 heteroatoms. The van der Waals surface area contributed by atoms with Crippen LogP contribution in [-0.4, -0.2) is 48.8 Å². The maximum atomic E-state index is 11.5. The van der Waals surface area contributed by atoms with E-state index < -0.39 is 5.60 Å². The topological polar surface area (TPSA) is 67.6 Å². The molecule has 5 nitrogen and oxygen atoms in total. The summed E-state index contributed by atoms with van der Waals surface area (Å²) in [6.45, 7) is 7.27. The van der Waals surface area contributed by atoms with E-state index in [1.54, 1.807) is 0 Å². The Morgan fingerprint density at radius 3 is 2.56 bits per heavy atom. The van der Waals surface area contributed by atoms with Crippen molar-refractivity contribution in [3.63, 3.8) is 0 Å². The number of amides is 1. The molecule has 16 heavy (non-hydrogen) atoms. The average Bonchev–Trinajstić information content (AvgIpc) is 1.96. The summed E-state index contributed by atoms with van der Waals surface area (Å²) in [5.74, 6) is 0. The SMILES string of the molecule is CN1C[C@@H](N)C[C@@H](NC(=O)OC(C)(C)C)C1. The van der Waals surface area contributed by atoms with E-state index in [0.717, 1.165) is 19.5 Å². The number of rotatable bonds is 1. The molecule has 1 fully saturated rings. The van der Waals surface area contributed by atoms with Gasteiger partial charge in [-0.2, -0.15) is 0 Å². The number of likely N-dealkylation sites (N-methyl/N-ethyl adjacent to an activating group) is 1. The Bertz CT molecular complexity index is 240. The van der Waals surface area contributed by atoms with Gasteiger partial charge in [0.1, 0.15) is 5.60 Å². The second kappa shape index (κ2) is 5.01. The Morgan fingerprint density at radius 2 is 2.06 bits per heavy atom. The maximum Gasteiger partial charge on any atom is 0.407 e. The molecule has 0 aromatic heterocycles. The summed E-state index contributed by atoms with van der Waals surface area (Å²) in [6, 6.07) is 0.210. The summed E-state index contributed by atoms with van der Waals surface area (Å²) in [6.07, 6.45) is 0.448. The van der Waals surface area contributed by atoms with Gasteiger partial charge >= 0.3 is 6.09 Å². The van der Waals surface area contributed by atoms with E-state index in [-0.39, 0.29) is 18.2 Å². The van der Waals surface area contributed by atoms with Gasteiger partial charge in [0.25, 0.3) is 0 Å². The van der Waals surface area contributed by atoms with Gasteiger partial charge in [0.05, 0.1) is 0 Å².